The molecule has 4 rings (SSSR count). The second kappa shape index (κ2) is 10.4. The fourth-order valence-corrected chi connectivity index (χ4v) is 5.50. The average Bonchev–Trinajstić information content (AvgIpc) is 3.28. The Morgan fingerprint density at radius 2 is 1.97 bits per heavy atom. The van der Waals surface area contributed by atoms with E-state index < -0.39 is 5.82 Å². The van der Waals surface area contributed by atoms with Gasteiger partial charge in [0, 0.05) is 25.0 Å². The number of carbonyl (C=O) groups is 1. The number of methoxy groups -OCH3 is 1. The number of ether oxygens (including phenoxy) is 1. The molecule has 0 bridgehead atoms. The second-order valence-electron chi connectivity index (χ2n) is 7.62. The predicted molar refractivity (Wildman–Crippen MR) is 135 cm³/mol. The molecule has 6 nitrogen and oxygen atoms in total. The van der Waals surface area contributed by atoms with E-state index in [9.17, 15) is 14.0 Å². The van der Waals surface area contributed by atoms with E-state index in [-0.39, 0.29) is 29.5 Å². The number of nitrogens with zero attached hydrogens (tertiary/aromatic N) is 3. The van der Waals surface area contributed by atoms with Gasteiger partial charge in [-0.1, -0.05) is 48.2 Å². The minimum Gasteiger partial charge on any atom is -0.494 e. The summed E-state index contributed by atoms with van der Waals surface area (Å²) in [6.45, 7) is 2.64. The number of halogens is 1. The molecule has 0 spiro atoms. The van der Waals surface area contributed by atoms with Gasteiger partial charge in [-0.2, -0.15) is 0 Å². The molecule has 0 saturated carbocycles. The monoisotopic (exact) mass is 497 g/mol. The van der Waals surface area contributed by atoms with E-state index in [1.807, 2.05) is 43.3 Å². The Kier molecular flexibility index (Phi) is 7.33. The van der Waals surface area contributed by atoms with Crippen molar-refractivity contribution in [2.24, 2.45) is 7.05 Å². The van der Waals surface area contributed by atoms with E-state index in [0.29, 0.717) is 27.5 Å². The molecular formula is C25H24FN3O3S2. The van der Waals surface area contributed by atoms with Crippen LogP contribution >= 0.6 is 23.1 Å². The van der Waals surface area contributed by atoms with Crippen LogP contribution in [0.5, 0.6) is 5.75 Å². The quantitative estimate of drug-likeness (QED) is 0.255. The maximum absolute atomic E-state index is 14.0. The largest absolute Gasteiger partial charge is 0.494 e. The van der Waals surface area contributed by atoms with Crippen molar-refractivity contribution in [1.82, 2.24) is 14.5 Å². The first-order valence-electron chi connectivity index (χ1n) is 10.7. The van der Waals surface area contributed by atoms with Crippen LogP contribution in [0.1, 0.15) is 12.5 Å². The SMILES string of the molecule is CCN(Cc1ccc(OC)c(F)c1)C(=O)CSc1nc2sc(-c3ccccc3)cc2c(=O)n1C. The Hall–Kier alpha value is -3.17. The first-order valence-corrected chi connectivity index (χ1v) is 12.5. The molecule has 0 aliphatic heterocycles. The highest BCUT2D eigenvalue weighted by Gasteiger charge is 2.17. The summed E-state index contributed by atoms with van der Waals surface area (Å²) in [6.07, 6.45) is 0. The zero-order valence-electron chi connectivity index (χ0n) is 19.1. The van der Waals surface area contributed by atoms with Crippen molar-refractivity contribution in [2.75, 3.05) is 19.4 Å². The summed E-state index contributed by atoms with van der Waals surface area (Å²) in [6, 6.07) is 16.4. The zero-order chi connectivity index (χ0) is 24.2. The van der Waals surface area contributed by atoms with Crippen molar-refractivity contribution >= 4 is 39.2 Å². The van der Waals surface area contributed by atoms with Crippen LogP contribution in [0, 0.1) is 5.82 Å². The molecule has 2 aromatic carbocycles. The normalized spacial score (nSPS) is 11.1. The van der Waals surface area contributed by atoms with Gasteiger partial charge in [0.2, 0.25) is 5.91 Å². The van der Waals surface area contributed by atoms with Gasteiger partial charge < -0.3 is 9.64 Å². The van der Waals surface area contributed by atoms with Gasteiger partial charge >= 0.3 is 0 Å². The minimum absolute atomic E-state index is 0.116. The van der Waals surface area contributed by atoms with Gasteiger partial charge in [-0.15, -0.1) is 11.3 Å². The van der Waals surface area contributed by atoms with Crippen LogP contribution < -0.4 is 10.3 Å². The molecule has 9 heteroatoms. The second-order valence-corrected chi connectivity index (χ2v) is 9.59. The smallest absolute Gasteiger partial charge is 0.262 e. The summed E-state index contributed by atoms with van der Waals surface area (Å²) < 4.78 is 20.5. The molecule has 0 unspecified atom stereocenters. The first kappa shape index (κ1) is 24.0. The van der Waals surface area contributed by atoms with Gasteiger partial charge in [-0.25, -0.2) is 9.37 Å². The van der Waals surface area contributed by atoms with E-state index >= 15 is 0 Å². The molecule has 0 fully saturated rings. The molecule has 0 atom stereocenters. The number of thiophene rings is 1. The molecule has 0 saturated heterocycles. The number of benzene rings is 2. The third-order valence-electron chi connectivity index (χ3n) is 5.44. The molecule has 2 aromatic heterocycles. The van der Waals surface area contributed by atoms with Crippen LogP contribution in [0.25, 0.3) is 20.7 Å². The first-order chi connectivity index (χ1) is 16.4. The number of thioether (sulfide) groups is 1. The fraction of sp³-hybridized carbons (Fsp3) is 0.240. The number of fused-ring (bicyclic) bond motifs is 1. The maximum Gasteiger partial charge on any atom is 0.262 e. The lowest BCUT2D eigenvalue weighted by Gasteiger charge is -2.21. The van der Waals surface area contributed by atoms with Gasteiger partial charge in [0.25, 0.3) is 5.56 Å². The highest BCUT2D eigenvalue weighted by atomic mass is 32.2. The number of amides is 1. The lowest BCUT2D eigenvalue weighted by atomic mass is 10.2. The van der Waals surface area contributed by atoms with Gasteiger partial charge in [-0.3, -0.25) is 14.2 Å². The molecule has 2 heterocycles. The van der Waals surface area contributed by atoms with Crippen LogP contribution in [-0.4, -0.2) is 39.8 Å². The average molecular weight is 498 g/mol. The summed E-state index contributed by atoms with van der Waals surface area (Å²) in [5.41, 5.74) is 1.57. The van der Waals surface area contributed by atoms with E-state index in [4.69, 9.17) is 4.74 Å². The van der Waals surface area contributed by atoms with E-state index in [0.717, 1.165) is 10.4 Å². The number of hydrogen-bond acceptors (Lipinski definition) is 6. The highest BCUT2D eigenvalue weighted by Crippen LogP contribution is 2.32. The van der Waals surface area contributed by atoms with Crippen LogP contribution in [0.3, 0.4) is 0 Å². The minimum atomic E-state index is -0.462. The third kappa shape index (κ3) is 5.00. The highest BCUT2D eigenvalue weighted by molar-refractivity contribution is 7.99. The molecule has 0 aliphatic carbocycles. The summed E-state index contributed by atoms with van der Waals surface area (Å²) in [5.74, 6) is -0.291. The van der Waals surface area contributed by atoms with Crippen molar-refractivity contribution in [2.45, 2.75) is 18.6 Å². The molecule has 0 aliphatic rings. The topological polar surface area (TPSA) is 64.4 Å². The van der Waals surface area contributed by atoms with Gasteiger partial charge in [0.05, 0.1) is 18.2 Å². The number of aromatic nitrogens is 2. The van der Waals surface area contributed by atoms with Crippen LogP contribution in [-0.2, 0) is 18.4 Å². The Labute approximate surface area is 205 Å². The van der Waals surface area contributed by atoms with Crippen molar-refractivity contribution in [3.63, 3.8) is 0 Å². The van der Waals surface area contributed by atoms with Crippen molar-refractivity contribution in [3.8, 4) is 16.2 Å². The van der Waals surface area contributed by atoms with Crippen LogP contribution in [0.2, 0.25) is 0 Å². The maximum atomic E-state index is 14.0. The Morgan fingerprint density at radius 3 is 2.65 bits per heavy atom. The van der Waals surface area contributed by atoms with Gasteiger partial charge in [0.15, 0.2) is 16.7 Å². The van der Waals surface area contributed by atoms with Gasteiger partial charge in [-0.05, 0) is 36.2 Å². The fourth-order valence-electron chi connectivity index (χ4n) is 3.54. The summed E-state index contributed by atoms with van der Waals surface area (Å²) in [7, 11) is 3.08. The predicted octanol–water partition coefficient (Wildman–Crippen LogP) is 4.95. The molecule has 34 heavy (non-hydrogen) atoms. The van der Waals surface area contributed by atoms with Crippen LogP contribution in [0.15, 0.2) is 64.5 Å². The molecule has 1 amide bonds. The number of carbonyl (C=O) groups excluding carboxylic acids is 1. The Bertz CT molecular complexity index is 1390. The van der Waals surface area contributed by atoms with Crippen molar-refractivity contribution in [1.29, 1.82) is 0 Å². The zero-order valence-corrected chi connectivity index (χ0v) is 20.7. The lowest BCUT2D eigenvalue weighted by molar-refractivity contribution is -0.128. The summed E-state index contributed by atoms with van der Waals surface area (Å²) >= 11 is 2.69. The molecular weight excluding hydrogens is 473 g/mol. The standard InChI is InChI=1S/C25H24FN3O3S2/c1-4-29(14-16-10-11-20(32-3)19(26)12-16)22(30)15-33-25-27-23-18(24(31)28(25)2)13-21(34-23)17-8-6-5-7-9-17/h5-13H,4,14-15H2,1-3H3. The Balaban J connectivity index is 1.50. The van der Waals surface area contributed by atoms with E-state index in [1.54, 1.807) is 24.1 Å². The number of hydrogen-bond donors (Lipinski definition) is 0. The van der Waals surface area contributed by atoms with Gasteiger partial charge in [0.1, 0.15) is 4.83 Å². The molecule has 4 aromatic rings. The summed E-state index contributed by atoms with van der Waals surface area (Å²) in [5, 5.41) is 1.05. The Morgan fingerprint density at radius 1 is 1.21 bits per heavy atom. The molecule has 176 valence electrons. The van der Waals surface area contributed by atoms with Crippen LogP contribution in [0.4, 0.5) is 4.39 Å². The number of rotatable bonds is 8. The van der Waals surface area contributed by atoms with Crippen molar-refractivity contribution < 1.29 is 13.9 Å². The summed E-state index contributed by atoms with van der Waals surface area (Å²) in [4.78, 5) is 33.7. The van der Waals surface area contributed by atoms with E-state index in [1.165, 1.54) is 40.8 Å². The third-order valence-corrected chi connectivity index (χ3v) is 7.53. The molecule has 0 radical (unpaired) electrons. The lowest BCUT2D eigenvalue weighted by Crippen LogP contribution is -2.32. The molecule has 0 N–H and O–H groups in total. The van der Waals surface area contributed by atoms with E-state index in [2.05, 4.69) is 4.98 Å². The van der Waals surface area contributed by atoms with Crippen molar-refractivity contribution in [3.05, 3.63) is 76.3 Å².